The molecule has 2 aromatic rings. The number of nitrogens with one attached hydrogen (secondary N) is 1. The second-order valence-corrected chi connectivity index (χ2v) is 6.74. The molecule has 0 bridgehead atoms. The predicted octanol–water partition coefficient (Wildman–Crippen LogP) is 3.02. The summed E-state index contributed by atoms with van der Waals surface area (Å²) >= 11 is 0. The number of H-pyrrole nitrogens is 1. The minimum absolute atomic E-state index is 0.00609. The predicted molar refractivity (Wildman–Crippen MR) is 98.9 cm³/mol. The summed E-state index contributed by atoms with van der Waals surface area (Å²) in [6.45, 7) is 10.6. The first-order valence-corrected chi connectivity index (χ1v) is 8.73. The maximum atomic E-state index is 12.4. The van der Waals surface area contributed by atoms with E-state index in [0.717, 1.165) is 42.3 Å². The molecule has 5 nitrogen and oxygen atoms in total. The highest BCUT2D eigenvalue weighted by Gasteiger charge is 2.21. The summed E-state index contributed by atoms with van der Waals surface area (Å²) in [5.74, 6) is 1.86. The van der Waals surface area contributed by atoms with Gasteiger partial charge in [-0.05, 0) is 17.7 Å². The Labute approximate surface area is 148 Å². The summed E-state index contributed by atoms with van der Waals surface area (Å²) in [6.07, 6.45) is 2.55. The van der Waals surface area contributed by atoms with E-state index in [9.17, 15) is 4.79 Å². The van der Waals surface area contributed by atoms with Crippen LogP contribution >= 0.6 is 0 Å². The van der Waals surface area contributed by atoms with Crippen molar-refractivity contribution in [2.45, 2.75) is 39.3 Å². The highest BCUT2D eigenvalue weighted by atomic mass is 16.5. The van der Waals surface area contributed by atoms with Crippen LogP contribution in [0, 0.1) is 0 Å². The summed E-state index contributed by atoms with van der Waals surface area (Å²) in [4.78, 5) is 22.2. The lowest BCUT2D eigenvalue weighted by molar-refractivity contribution is 0.241. The lowest BCUT2D eigenvalue weighted by atomic mass is 10.0. The third-order valence-electron chi connectivity index (χ3n) is 4.41. The molecule has 0 atom stereocenters. The fraction of sp³-hybridized carbons (Fsp3) is 0.400. The van der Waals surface area contributed by atoms with E-state index < -0.39 is 0 Å². The van der Waals surface area contributed by atoms with Crippen molar-refractivity contribution >= 4 is 0 Å². The quantitative estimate of drug-likeness (QED) is 0.822. The third-order valence-corrected chi connectivity index (χ3v) is 4.41. The van der Waals surface area contributed by atoms with Crippen molar-refractivity contribution in [2.24, 2.45) is 0 Å². The normalized spacial score (nSPS) is 14.4. The SMILES string of the molecule is C=CCOc1ccc(CN2CCc3nc(C(C)C)[nH]c(=O)c3C2)cc1. The van der Waals surface area contributed by atoms with Crippen LogP contribution in [0.15, 0.2) is 41.7 Å². The molecule has 1 aliphatic heterocycles. The fourth-order valence-corrected chi connectivity index (χ4v) is 3.01. The van der Waals surface area contributed by atoms with E-state index in [0.29, 0.717) is 13.2 Å². The molecule has 3 rings (SSSR count). The Hall–Kier alpha value is -2.40. The van der Waals surface area contributed by atoms with Crippen LogP contribution in [-0.2, 0) is 19.5 Å². The van der Waals surface area contributed by atoms with Crippen molar-refractivity contribution in [3.05, 3.63) is 69.9 Å². The Morgan fingerprint density at radius 3 is 2.80 bits per heavy atom. The van der Waals surface area contributed by atoms with Crippen molar-refractivity contribution < 1.29 is 4.74 Å². The van der Waals surface area contributed by atoms with Gasteiger partial charge < -0.3 is 9.72 Å². The smallest absolute Gasteiger partial charge is 0.255 e. The summed E-state index contributed by atoms with van der Waals surface area (Å²) in [7, 11) is 0. The average molecular weight is 339 g/mol. The first-order valence-electron chi connectivity index (χ1n) is 8.73. The average Bonchev–Trinajstić information content (AvgIpc) is 2.61. The lowest BCUT2D eigenvalue weighted by Gasteiger charge is -2.28. The van der Waals surface area contributed by atoms with Crippen molar-refractivity contribution in [1.29, 1.82) is 0 Å². The standard InChI is InChI=1S/C20H25N3O2/c1-4-11-25-16-7-5-15(6-8-16)12-23-10-9-18-17(13-23)20(24)22-19(21-18)14(2)3/h4-8,14H,1,9-13H2,2-3H3,(H,21,22,24). The van der Waals surface area contributed by atoms with Crippen molar-refractivity contribution in [3.8, 4) is 5.75 Å². The van der Waals surface area contributed by atoms with Gasteiger partial charge in [0.05, 0.1) is 11.3 Å². The van der Waals surface area contributed by atoms with Crippen molar-refractivity contribution in [1.82, 2.24) is 14.9 Å². The van der Waals surface area contributed by atoms with Gasteiger partial charge in [-0.15, -0.1) is 0 Å². The Morgan fingerprint density at radius 2 is 2.12 bits per heavy atom. The molecular formula is C20H25N3O2. The minimum Gasteiger partial charge on any atom is -0.490 e. The Bertz CT molecular complexity index is 794. The molecule has 2 heterocycles. The second kappa shape index (κ2) is 7.66. The summed E-state index contributed by atoms with van der Waals surface area (Å²) in [5, 5.41) is 0. The van der Waals surface area contributed by atoms with Gasteiger partial charge in [-0.2, -0.15) is 0 Å². The van der Waals surface area contributed by atoms with Crippen molar-refractivity contribution in [3.63, 3.8) is 0 Å². The van der Waals surface area contributed by atoms with Gasteiger partial charge in [-0.3, -0.25) is 9.69 Å². The molecule has 1 aromatic heterocycles. The van der Waals surface area contributed by atoms with E-state index in [1.54, 1.807) is 6.08 Å². The molecule has 0 aliphatic carbocycles. The van der Waals surface area contributed by atoms with E-state index in [2.05, 4.69) is 33.6 Å². The van der Waals surface area contributed by atoms with Gasteiger partial charge in [0.25, 0.3) is 5.56 Å². The number of rotatable bonds is 6. The number of hydrogen-bond acceptors (Lipinski definition) is 4. The second-order valence-electron chi connectivity index (χ2n) is 6.74. The molecule has 0 radical (unpaired) electrons. The van der Waals surface area contributed by atoms with Gasteiger partial charge in [0.15, 0.2) is 0 Å². The van der Waals surface area contributed by atoms with Crippen LogP contribution < -0.4 is 10.3 Å². The largest absolute Gasteiger partial charge is 0.490 e. The molecule has 0 amide bonds. The molecule has 1 aliphatic rings. The van der Waals surface area contributed by atoms with Crippen LogP contribution in [-0.4, -0.2) is 28.0 Å². The minimum atomic E-state index is 0.00609. The molecular weight excluding hydrogens is 314 g/mol. The molecule has 0 unspecified atom stereocenters. The number of nitrogens with zero attached hydrogens (tertiary/aromatic N) is 2. The van der Waals surface area contributed by atoms with Gasteiger partial charge in [0.1, 0.15) is 18.2 Å². The first-order chi connectivity index (χ1) is 12.1. The molecule has 1 aromatic carbocycles. The van der Waals surface area contributed by atoms with E-state index in [1.807, 2.05) is 26.0 Å². The molecule has 0 spiro atoms. The monoisotopic (exact) mass is 339 g/mol. The number of ether oxygens (including phenoxy) is 1. The lowest BCUT2D eigenvalue weighted by Crippen LogP contribution is -2.35. The Balaban J connectivity index is 1.69. The molecule has 132 valence electrons. The number of hydrogen-bond donors (Lipinski definition) is 1. The van der Waals surface area contributed by atoms with E-state index >= 15 is 0 Å². The highest BCUT2D eigenvalue weighted by molar-refractivity contribution is 5.28. The highest BCUT2D eigenvalue weighted by Crippen LogP contribution is 2.19. The fourth-order valence-electron chi connectivity index (χ4n) is 3.01. The Morgan fingerprint density at radius 1 is 1.36 bits per heavy atom. The van der Waals surface area contributed by atoms with Crippen LogP contribution in [0.2, 0.25) is 0 Å². The first kappa shape index (κ1) is 17.4. The maximum absolute atomic E-state index is 12.4. The van der Waals surface area contributed by atoms with E-state index in [4.69, 9.17) is 4.74 Å². The number of aromatic amines is 1. The summed E-state index contributed by atoms with van der Waals surface area (Å²) < 4.78 is 5.51. The van der Waals surface area contributed by atoms with Crippen LogP contribution in [0.5, 0.6) is 5.75 Å². The maximum Gasteiger partial charge on any atom is 0.255 e. The topological polar surface area (TPSA) is 58.2 Å². The molecule has 0 saturated heterocycles. The third kappa shape index (κ3) is 4.17. The van der Waals surface area contributed by atoms with Crippen LogP contribution in [0.4, 0.5) is 0 Å². The zero-order valence-electron chi connectivity index (χ0n) is 14.9. The molecule has 0 saturated carbocycles. The van der Waals surface area contributed by atoms with Gasteiger partial charge in [-0.1, -0.05) is 38.6 Å². The van der Waals surface area contributed by atoms with Crippen LogP contribution in [0.3, 0.4) is 0 Å². The van der Waals surface area contributed by atoms with E-state index in [-0.39, 0.29) is 11.5 Å². The summed E-state index contributed by atoms with van der Waals surface area (Å²) in [5.41, 5.74) is 2.97. The van der Waals surface area contributed by atoms with Crippen molar-refractivity contribution in [2.75, 3.05) is 13.2 Å². The van der Waals surface area contributed by atoms with Crippen LogP contribution in [0.1, 0.15) is 42.4 Å². The number of aromatic nitrogens is 2. The molecule has 0 fully saturated rings. The summed E-state index contributed by atoms with van der Waals surface area (Å²) in [6, 6.07) is 8.08. The molecule has 5 heteroatoms. The van der Waals surface area contributed by atoms with Gasteiger partial charge in [-0.25, -0.2) is 4.98 Å². The number of fused-ring (bicyclic) bond motifs is 1. The van der Waals surface area contributed by atoms with Gasteiger partial charge in [0.2, 0.25) is 0 Å². The van der Waals surface area contributed by atoms with Crippen LogP contribution in [0.25, 0.3) is 0 Å². The Kier molecular flexibility index (Phi) is 5.34. The molecule has 25 heavy (non-hydrogen) atoms. The van der Waals surface area contributed by atoms with Gasteiger partial charge in [0, 0.05) is 32.0 Å². The van der Waals surface area contributed by atoms with E-state index in [1.165, 1.54) is 5.56 Å². The van der Waals surface area contributed by atoms with Gasteiger partial charge >= 0.3 is 0 Å². The zero-order chi connectivity index (χ0) is 17.8. The zero-order valence-corrected chi connectivity index (χ0v) is 14.9. The molecule has 1 N–H and O–H groups in total. The number of benzene rings is 1.